The molecular formula is C10H21N3S2. The monoisotopic (exact) mass is 247 g/mol. The summed E-state index contributed by atoms with van der Waals surface area (Å²) < 4.78 is 0.494. The number of hydrogen-bond donors (Lipinski definition) is 0. The second-order valence-corrected chi connectivity index (χ2v) is 14.2. The Balaban J connectivity index is 3.15. The molecule has 0 fully saturated rings. The smallest absolute Gasteiger partial charge is 0.151 e. The molecule has 1 aromatic rings. The molecule has 0 saturated heterocycles. The van der Waals surface area contributed by atoms with E-state index >= 15 is 0 Å². The molecule has 0 spiro atoms. The van der Waals surface area contributed by atoms with Gasteiger partial charge in [0.05, 0.1) is 4.58 Å². The zero-order valence-corrected chi connectivity index (χ0v) is 12.0. The lowest BCUT2D eigenvalue weighted by molar-refractivity contribution is 0.947. The average molecular weight is 247 g/mol. The zero-order valence-electron chi connectivity index (χ0n) is 10.4. The summed E-state index contributed by atoms with van der Waals surface area (Å²) in [5, 5.41) is 0. The highest BCUT2D eigenvalue weighted by Crippen LogP contribution is 2.67. The highest BCUT2D eigenvalue weighted by Gasteiger charge is 2.32. The van der Waals surface area contributed by atoms with Crippen LogP contribution >= 0.6 is 20.1 Å². The maximum atomic E-state index is 4.33. The Hall–Kier alpha value is -0.290. The summed E-state index contributed by atoms with van der Waals surface area (Å²) in [6.45, 7) is 0. The fourth-order valence-corrected chi connectivity index (χ4v) is 10.3. The van der Waals surface area contributed by atoms with E-state index in [9.17, 15) is 0 Å². The van der Waals surface area contributed by atoms with Crippen LogP contribution in [-0.2, 0) is 0 Å². The third kappa shape index (κ3) is 3.34. The van der Waals surface area contributed by atoms with E-state index in [0.717, 1.165) is 5.82 Å². The molecule has 1 rings (SSSR count). The third-order valence-corrected chi connectivity index (χ3v) is 8.46. The van der Waals surface area contributed by atoms with Gasteiger partial charge < -0.3 is 0 Å². The molecule has 1 heterocycles. The van der Waals surface area contributed by atoms with Crippen LogP contribution in [-0.4, -0.2) is 52.5 Å². The molecule has 88 valence electrons. The Morgan fingerprint density at radius 3 is 1.60 bits per heavy atom. The van der Waals surface area contributed by atoms with E-state index < -0.39 is 20.1 Å². The third-order valence-electron chi connectivity index (χ3n) is 2.01. The van der Waals surface area contributed by atoms with Crippen molar-refractivity contribution in [2.45, 2.75) is 4.58 Å². The summed E-state index contributed by atoms with van der Waals surface area (Å²) in [6.07, 6.45) is 17.2. The number of aromatic nitrogens is 3. The van der Waals surface area contributed by atoms with E-state index in [1.807, 2.05) is 0 Å². The van der Waals surface area contributed by atoms with Crippen molar-refractivity contribution in [1.82, 2.24) is 15.0 Å². The van der Waals surface area contributed by atoms with E-state index in [1.54, 1.807) is 12.7 Å². The Morgan fingerprint density at radius 1 is 0.867 bits per heavy atom. The molecule has 0 unspecified atom stereocenters. The van der Waals surface area contributed by atoms with Crippen LogP contribution in [0, 0.1) is 0 Å². The van der Waals surface area contributed by atoms with Crippen molar-refractivity contribution in [3.8, 4) is 0 Å². The minimum atomic E-state index is -0.691. The largest absolute Gasteiger partial charge is 0.232 e. The Labute approximate surface area is 95.8 Å². The Kier molecular flexibility index (Phi) is 3.66. The Bertz CT molecular complexity index is 300. The summed E-state index contributed by atoms with van der Waals surface area (Å²) in [5.74, 6) is 0.968. The molecule has 0 atom stereocenters. The molecule has 0 N–H and O–H groups in total. The summed E-state index contributed by atoms with van der Waals surface area (Å²) in [6, 6.07) is 0. The van der Waals surface area contributed by atoms with E-state index in [1.165, 1.54) is 0 Å². The summed E-state index contributed by atoms with van der Waals surface area (Å²) >= 11 is 0. The fraction of sp³-hybridized carbons (Fsp3) is 0.700. The lowest BCUT2D eigenvalue weighted by Gasteiger charge is -2.46. The molecule has 1 aromatic heterocycles. The van der Waals surface area contributed by atoms with Crippen LogP contribution < -0.4 is 0 Å². The van der Waals surface area contributed by atoms with E-state index in [-0.39, 0.29) is 0 Å². The van der Waals surface area contributed by atoms with E-state index in [0.29, 0.717) is 4.58 Å². The van der Waals surface area contributed by atoms with Crippen molar-refractivity contribution >= 4 is 20.1 Å². The number of rotatable bonds is 3. The van der Waals surface area contributed by atoms with Crippen molar-refractivity contribution in [3.63, 3.8) is 0 Å². The van der Waals surface area contributed by atoms with Gasteiger partial charge in [-0.2, -0.15) is 0 Å². The molecule has 0 amide bonds. The van der Waals surface area contributed by atoms with Crippen LogP contribution in [0.1, 0.15) is 10.4 Å². The molecule has 0 bridgehead atoms. The lowest BCUT2D eigenvalue weighted by atomic mass is 10.7. The summed E-state index contributed by atoms with van der Waals surface area (Å²) in [7, 11) is -1.38. The van der Waals surface area contributed by atoms with Gasteiger partial charge in [-0.1, -0.05) is 0 Å². The first-order chi connectivity index (χ1) is 6.73. The SMILES string of the molecule is CS(C)(C)C(c1ncncn1)S(C)(C)C. The first kappa shape index (κ1) is 12.8. The second-order valence-electron chi connectivity index (χ2n) is 5.19. The van der Waals surface area contributed by atoms with Crippen LogP contribution in [0.25, 0.3) is 0 Å². The van der Waals surface area contributed by atoms with E-state index in [4.69, 9.17) is 0 Å². The van der Waals surface area contributed by atoms with Gasteiger partial charge in [0, 0.05) is 0 Å². The standard InChI is InChI=1S/C10H21N3S2/c1-14(2,3)10(15(4,5)6)9-12-7-11-8-13-9/h7-8,10H,1-6H3. The van der Waals surface area contributed by atoms with Crippen LogP contribution in [0.3, 0.4) is 0 Å². The minimum absolute atomic E-state index is 0.494. The van der Waals surface area contributed by atoms with Gasteiger partial charge in [0.2, 0.25) is 0 Å². The lowest BCUT2D eigenvalue weighted by Crippen LogP contribution is -2.16. The van der Waals surface area contributed by atoms with Gasteiger partial charge in [-0.15, -0.1) is 0 Å². The van der Waals surface area contributed by atoms with Crippen LogP contribution in [0.4, 0.5) is 0 Å². The molecule has 0 aromatic carbocycles. The quantitative estimate of drug-likeness (QED) is 0.822. The van der Waals surface area contributed by atoms with Gasteiger partial charge in [-0.3, -0.25) is 0 Å². The van der Waals surface area contributed by atoms with Gasteiger partial charge >= 0.3 is 0 Å². The Morgan fingerprint density at radius 2 is 1.27 bits per heavy atom. The predicted molar refractivity (Wildman–Crippen MR) is 73.3 cm³/mol. The zero-order chi connectivity index (χ0) is 11.7. The van der Waals surface area contributed by atoms with Crippen molar-refractivity contribution in [3.05, 3.63) is 18.5 Å². The van der Waals surface area contributed by atoms with Crippen molar-refractivity contribution in [2.24, 2.45) is 0 Å². The van der Waals surface area contributed by atoms with Crippen LogP contribution in [0.2, 0.25) is 0 Å². The first-order valence-electron chi connectivity index (χ1n) is 4.69. The van der Waals surface area contributed by atoms with E-state index in [2.05, 4.69) is 52.5 Å². The van der Waals surface area contributed by atoms with Crippen LogP contribution in [0.15, 0.2) is 12.7 Å². The molecule has 3 nitrogen and oxygen atoms in total. The molecule has 0 aliphatic carbocycles. The molecule has 0 saturated carbocycles. The molecule has 0 aliphatic rings. The summed E-state index contributed by atoms with van der Waals surface area (Å²) in [4.78, 5) is 12.6. The maximum Gasteiger partial charge on any atom is 0.151 e. The molecule has 0 aliphatic heterocycles. The highest BCUT2D eigenvalue weighted by molar-refractivity contribution is 8.47. The van der Waals surface area contributed by atoms with Crippen molar-refractivity contribution in [2.75, 3.05) is 37.5 Å². The van der Waals surface area contributed by atoms with Crippen molar-refractivity contribution < 1.29 is 0 Å². The van der Waals surface area contributed by atoms with Gasteiger partial charge in [0.25, 0.3) is 0 Å². The van der Waals surface area contributed by atoms with Gasteiger partial charge in [0.15, 0.2) is 5.82 Å². The topological polar surface area (TPSA) is 38.7 Å². The molecule has 0 radical (unpaired) electrons. The van der Waals surface area contributed by atoms with Gasteiger partial charge in [-0.25, -0.2) is 35.0 Å². The average Bonchev–Trinajstić information content (AvgIpc) is 2.00. The number of nitrogens with zero attached hydrogens (tertiary/aromatic N) is 3. The molecule has 5 heteroatoms. The molecule has 15 heavy (non-hydrogen) atoms. The van der Waals surface area contributed by atoms with Crippen LogP contribution in [0.5, 0.6) is 0 Å². The number of hydrogen-bond acceptors (Lipinski definition) is 3. The minimum Gasteiger partial charge on any atom is -0.232 e. The van der Waals surface area contributed by atoms with Gasteiger partial charge in [0.1, 0.15) is 12.7 Å². The second kappa shape index (κ2) is 4.29. The normalized spacial score (nSPS) is 15.4. The van der Waals surface area contributed by atoms with Gasteiger partial charge in [-0.05, 0) is 37.5 Å². The molecular weight excluding hydrogens is 226 g/mol. The fourth-order valence-electron chi connectivity index (χ4n) is 1.87. The summed E-state index contributed by atoms with van der Waals surface area (Å²) in [5.41, 5.74) is 0. The first-order valence-corrected chi connectivity index (χ1v) is 10.5. The van der Waals surface area contributed by atoms with Crippen molar-refractivity contribution in [1.29, 1.82) is 0 Å². The highest BCUT2D eigenvalue weighted by atomic mass is 32.3. The maximum absolute atomic E-state index is 4.33. The predicted octanol–water partition coefficient (Wildman–Crippen LogP) is 2.26.